The highest BCUT2D eigenvalue weighted by molar-refractivity contribution is 5.91. The molecule has 1 amide bonds. The maximum atomic E-state index is 13.7. The Balaban J connectivity index is 1.92. The molecule has 0 heterocycles. The lowest BCUT2D eigenvalue weighted by Gasteiger charge is -2.10. The first kappa shape index (κ1) is 15.0. The van der Waals surface area contributed by atoms with Gasteiger partial charge in [-0.05, 0) is 36.8 Å². The summed E-state index contributed by atoms with van der Waals surface area (Å²) in [6.07, 6.45) is -0.755. The molecule has 0 fully saturated rings. The summed E-state index contributed by atoms with van der Waals surface area (Å²) < 4.78 is 18.9. The van der Waals surface area contributed by atoms with Crippen molar-refractivity contribution in [2.75, 3.05) is 11.9 Å². The van der Waals surface area contributed by atoms with Crippen LogP contribution in [0.2, 0.25) is 0 Å². The fourth-order valence-electron chi connectivity index (χ4n) is 1.76. The number of aliphatic hydroxyl groups excluding tert-OH is 1. The van der Waals surface area contributed by atoms with E-state index in [1.807, 2.05) is 6.07 Å². The van der Waals surface area contributed by atoms with Crippen molar-refractivity contribution in [1.82, 2.24) is 0 Å². The molecule has 0 spiro atoms. The van der Waals surface area contributed by atoms with Crippen molar-refractivity contribution in [2.45, 2.75) is 13.0 Å². The van der Waals surface area contributed by atoms with Crippen LogP contribution in [-0.4, -0.2) is 17.6 Å². The fraction of sp³-hybridized carbons (Fsp3) is 0.188. The zero-order valence-electron chi connectivity index (χ0n) is 11.5. The van der Waals surface area contributed by atoms with Gasteiger partial charge < -0.3 is 15.2 Å². The van der Waals surface area contributed by atoms with Crippen LogP contribution in [-0.2, 0) is 4.79 Å². The van der Waals surface area contributed by atoms with Crippen molar-refractivity contribution >= 4 is 11.6 Å². The number of anilines is 1. The van der Waals surface area contributed by atoms with Gasteiger partial charge in [-0.3, -0.25) is 4.79 Å². The number of hydrogen-bond acceptors (Lipinski definition) is 3. The molecule has 0 aliphatic carbocycles. The van der Waals surface area contributed by atoms with Crippen molar-refractivity contribution < 1.29 is 19.0 Å². The van der Waals surface area contributed by atoms with Crippen LogP contribution in [0.5, 0.6) is 5.75 Å². The first-order chi connectivity index (χ1) is 10.1. The zero-order valence-corrected chi connectivity index (χ0v) is 11.5. The number of hydrogen-bond donors (Lipinski definition) is 2. The van der Waals surface area contributed by atoms with Gasteiger partial charge in [-0.1, -0.05) is 24.3 Å². The van der Waals surface area contributed by atoms with Gasteiger partial charge in [0.05, 0.1) is 6.10 Å². The topological polar surface area (TPSA) is 58.6 Å². The summed E-state index contributed by atoms with van der Waals surface area (Å²) in [6, 6.07) is 13.1. The summed E-state index contributed by atoms with van der Waals surface area (Å²) in [5.74, 6) is -1.01. The smallest absolute Gasteiger partial charge is 0.262 e. The second kappa shape index (κ2) is 6.85. The number of carbonyl (C=O) groups excluding carboxylic acids is 1. The summed E-state index contributed by atoms with van der Waals surface area (Å²) in [6.45, 7) is 1.25. The van der Waals surface area contributed by atoms with Crippen LogP contribution in [0.3, 0.4) is 0 Å². The molecule has 1 unspecified atom stereocenters. The molecule has 2 N–H and O–H groups in total. The van der Waals surface area contributed by atoms with Gasteiger partial charge in [0, 0.05) is 5.69 Å². The summed E-state index contributed by atoms with van der Waals surface area (Å²) in [5.41, 5.74) is 1.10. The Morgan fingerprint density at radius 3 is 2.62 bits per heavy atom. The largest absolute Gasteiger partial charge is 0.481 e. The highest BCUT2D eigenvalue weighted by Crippen LogP contribution is 2.21. The normalized spacial score (nSPS) is 11.8. The average molecular weight is 289 g/mol. The van der Waals surface area contributed by atoms with Crippen LogP contribution in [0, 0.1) is 5.82 Å². The van der Waals surface area contributed by atoms with Gasteiger partial charge in [-0.15, -0.1) is 0 Å². The van der Waals surface area contributed by atoms with Crippen molar-refractivity contribution in [3.8, 4) is 5.75 Å². The lowest BCUT2D eigenvalue weighted by atomic mass is 10.1. The molecule has 2 rings (SSSR count). The van der Waals surface area contributed by atoms with Crippen LogP contribution >= 0.6 is 0 Å². The van der Waals surface area contributed by atoms with Crippen LogP contribution in [0.4, 0.5) is 10.1 Å². The van der Waals surface area contributed by atoms with Crippen molar-refractivity contribution in [3.05, 3.63) is 59.9 Å². The molecule has 2 aromatic carbocycles. The van der Waals surface area contributed by atoms with E-state index in [4.69, 9.17) is 4.74 Å². The van der Waals surface area contributed by atoms with E-state index >= 15 is 0 Å². The zero-order chi connectivity index (χ0) is 15.2. The molecular weight excluding hydrogens is 273 g/mol. The lowest BCUT2D eigenvalue weighted by Crippen LogP contribution is -2.20. The Morgan fingerprint density at radius 2 is 2.00 bits per heavy atom. The molecule has 0 saturated heterocycles. The number of ether oxygens (including phenoxy) is 1. The number of rotatable bonds is 5. The highest BCUT2D eigenvalue weighted by atomic mass is 19.1. The lowest BCUT2D eigenvalue weighted by molar-refractivity contribution is -0.118. The fourth-order valence-corrected chi connectivity index (χ4v) is 1.76. The molecule has 5 heteroatoms. The number of aliphatic hydroxyl groups is 1. The van der Waals surface area contributed by atoms with E-state index < -0.39 is 11.9 Å². The van der Waals surface area contributed by atoms with Crippen LogP contribution in [0.15, 0.2) is 48.5 Å². The molecule has 4 nitrogen and oxygen atoms in total. The third kappa shape index (κ3) is 4.29. The molecule has 0 aliphatic rings. The first-order valence-electron chi connectivity index (χ1n) is 6.51. The molecule has 21 heavy (non-hydrogen) atoms. The maximum absolute atomic E-state index is 13.7. The van der Waals surface area contributed by atoms with Crippen LogP contribution < -0.4 is 10.1 Å². The predicted octanol–water partition coefficient (Wildman–Crippen LogP) is 2.90. The van der Waals surface area contributed by atoms with E-state index in [0.717, 1.165) is 0 Å². The standard InChI is InChI=1S/C16H16FNO3/c1-11(19)12-7-8-15(14(17)9-12)21-10-16(20)18-13-5-3-2-4-6-13/h2-9,11,19H,10H2,1H3,(H,18,20). The number of amides is 1. The first-order valence-corrected chi connectivity index (χ1v) is 6.51. The molecule has 0 aliphatic heterocycles. The van der Waals surface area contributed by atoms with E-state index in [0.29, 0.717) is 11.3 Å². The number of halogens is 1. The van der Waals surface area contributed by atoms with Crippen LogP contribution in [0.1, 0.15) is 18.6 Å². The minimum absolute atomic E-state index is 0.0254. The molecule has 110 valence electrons. The minimum Gasteiger partial charge on any atom is -0.481 e. The van der Waals surface area contributed by atoms with Gasteiger partial charge in [-0.25, -0.2) is 4.39 Å². The predicted molar refractivity (Wildman–Crippen MR) is 77.6 cm³/mol. The Kier molecular flexibility index (Phi) is 4.90. The third-order valence-electron chi connectivity index (χ3n) is 2.85. The van der Waals surface area contributed by atoms with Gasteiger partial charge in [0.1, 0.15) is 0 Å². The molecule has 0 aromatic heterocycles. The Hall–Kier alpha value is -2.40. The second-order valence-corrected chi connectivity index (χ2v) is 4.57. The number of carbonyl (C=O) groups is 1. The number of nitrogens with one attached hydrogen (secondary N) is 1. The maximum Gasteiger partial charge on any atom is 0.262 e. The van der Waals surface area contributed by atoms with Gasteiger partial charge in [-0.2, -0.15) is 0 Å². The van der Waals surface area contributed by atoms with Gasteiger partial charge in [0.15, 0.2) is 18.2 Å². The van der Waals surface area contributed by atoms with E-state index in [1.54, 1.807) is 37.3 Å². The Morgan fingerprint density at radius 1 is 1.29 bits per heavy atom. The number of para-hydroxylation sites is 1. The molecule has 0 saturated carbocycles. The van der Waals surface area contributed by atoms with E-state index in [1.165, 1.54) is 12.1 Å². The minimum atomic E-state index is -0.755. The molecule has 0 bridgehead atoms. The van der Waals surface area contributed by atoms with Crippen LogP contribution in [0.25, 0.3) is 0 Å². The van der Waals surface area contributed by atoms with E-state index in [9.17, 15) is 14.3 Å². The second-order valence-electron chi connectivity index (χ2n) is 4.57. The van der Waals surface area contributed by atoms with Crippen molar-refractivity contribution in [2.24, 2.45) is 0 Å². The Labute approximate surface area is 122 Å². The summed E-state index contributed by atoms with van der Waals surface area (Å²) >= 11 is 0. The molecule has 0 radical (unpaired) electrons. The van der Waals surface area contributed by atoms with Gasteiger partial charge in [0.25, 0.3) is 5.91 Å². The van der Waals surface area contributed by atoms with E-state index in [-0.39, 0.29) is 18.3 Å². The van der Waals surface area contributed by atoms with Crippen molar-refractivity contribution in [1.29, 1.82) is 0 Å². The number of benzene rings is 2. The highest BCUT2D eigenvalue weighted by Gasteiger charge is 2.10. The van der Waals surface area contributed by atoms with Gasteiger partial charge >= 0.3 is 0 Å². The van der Waals surface area contributed by atoms with E-state index in [2.05, 4.69) is 5.32 Å². The monoisotopic (exact) mass is 289 g/mol. The summed E-state index contributed by atoms with van der Waals surface area (Å²) in [5, 5.41) is 12.0. The third-order valence-corrected chi connectivity index (χ3v) is 2.85. The molecular formula is C16H16FNO3. The summed E-state index contributed by atoms with van der Waals surface area (Å²) in [7, 11) is 0. The summed E-state index contributed by atoms with van der Waals surface area (Å²) in [4.78, 5) is 11.7. The molecule has 1 atom stereocenters. The quantitative estimate of drug-likeness (QED) is 0.889. The van der Waals surface area contributed by atoms with Crippen molar-refractivity contribution in [3.63, 3.8) is 0 Å². The van der Waals surface area contributed by atoms with Gasteiger partial charge in [0.2, 0.25) is 0 Å². The SMILES string of the molecule is CC(O)c1ccc(OCC(=O)Nc2ccccc2)c(F)c1. The molecule has 2 aromatic rings. The average Bonchev–Trinajstić information content (AvgIpc) is 2.47. The Bertz CT molecular complexity index is 614.